The van der Waals surface area contributed by atoms with Crippen LogP contribution in [0.5, 0.6) is 5.75 Å². The number of rotatable bonds is 6. The minimum Gasteiger partial charge on any atom is -0.492 e. The Morgan fingerprint density at radius 1 is 1.17 bits per heavy atom. The first-order chi connectivity index (χ1) is 14.7. The van der Waals surface area contributed by atoms with Crippen LogP contribution < -0.4 is 4.74 Å². The minimum atomic E-state index is -0.377. The number of benzene rings is 2. The zero-order chi connectivity index (χ0) is 20.5. The number of thiazole rings is 1. The second-order valence-corrected chi connectivity index (χ2v) is 8.13. The zero-order valence-corrected chi connectivity index (χ0v) is 17.0. The normalized spacial score (nSPS) is 15.1. The summed E-state index contributed by atoms with van der Waals surface area (Å²) in [7, 11) is 0. The Kier molecular flexibility index (Phi) is 5.07. The number of aromatic nitrogens is 2. The molecule has 0 amide bonds. The molecule has 4 aromatic rings. The highest BCUT2D eigenvalue weighted by Gasteiger charge is 2.14. The van der Waals surface area contributed by atoms with Crippen LogP contribution in [0, 0.1) is 10.1 Å². The second kappa shape index (κ2) is 8.02. The van der Waals surface area contributed by atoms with Crippen molar-refractivity contribution in [1.82, 2.24) is 14.3 Å². The number of hydrogen-bond acceptors (Lipinski definition) is 7. The highest BCUT2D eigenvalue weighted by atomic mass is 32.1. The summed E-state index contributed by atoms with van der Waals surface area (Å²) in [5.74, 6) is 0.839. The molecule has 30 heavy (non-hydrogen) atoms. The molecule has 2 aromatic carbocycles. The van der Waals surface area contributed by atoms with E-state index < -0.39 is 0 Å². The Morgan fingerprint density at radius 3 is 2.73 bits per heavy atom. The summed E-state index contributed by atoms with van der Waals surface area (Å²) in [6.45, 7) is 5.06. The molecule has 0 unspecified atom stereocenters. The molecule has 1 saturated heterocycles. The smallest absolute Gasteiger partial charge is 0.270 e. The standard InChI is InChI=1S/C21H20N4O4S/c26-25(27)16-3-6-19-20(13-16)30-21-22-18(14-24(19)21)15-1-4-17(5-2-15)29-12-9-23-7-10-28-11-8-23/h1-6,13-14H,7-12H2. The van der Waals surface area contributed by atoms with E-state index in [1.807, 2.05) is 34.9 Å². The molecule has 5 rings (SSSR count). The lowest BCUT2D eigenvalue weighted by atomic mass is 10.1. The van der Waals surface area contributed by atoms with Gasteiger partial charge >= 0.3 is 0 Å². The lowest BCUT2D eigenvalue weighted by Gasteiger charge is -2.26. The maximum absolute atomic E-state index is 11.0. The van der Waals surface area contributed by atoms with Crippen molar-refractivity contribution in [3.8, 4) is 17.0 Å². The number of nitro benzene ring substituents is 1. The molecule has 1 aliphatic heterocycles. The van der Waals surface area contributed by atoms with Gasteiger partial charge in [0.25, 0.3) is 5.69 Å². The van der Waals surface area contributed by atoms with E-state index in [0.717, 1.165) is 65.0 Å². The lowest BCUT2D eigenvalue weighted by Crippen LogP contribution is -2.38. The molecule has 0 atom stereocenters. The van der Waals surface area contributed by atoms with Gasteiger partial charge in [0, 0.05) is 43.5 Å². The van der Waals surface area contributed by atoms with E-state index in [9.17, 15) is 10.1 Å². The molecule has 9 heteroatoms. The van der Waals surface area contributed by atoms with Crippen molar-refractivity contribution in [1.29, 1.82) is 0 Å². The molecule has 0 bridgehead atoms. The number of morpholine rings is 1. The Bertz CT molecular complexity index is 1200. The fourth-order valence-corrected chi connectivity index (χ4v) is 4.62. The first kappa shape index (κ1) is 19.0. The third-order valence-corrected chi connectivity index (χ3v) is 6.24. The maximum Gasteiger partial charge on any atom is 0.270 e. The predicted octanol–water partition coefficient (Wildman–Crippen LogP) is 3.84. The summed E-state index contributed by atoms with van der Waals surface area (Å²) in [6.07, 6.45) is 1.97. The van der Waals surface area contributed by atoms with Crippen LogP contribution >= 0.6 is 11.3 Å². The van der Waals surface area contributed by atoms with Crippen LogP contribution in [0.1, 0.15) is 0 Å². The number of imidazole rings is 1. The quantitative estimate of drug-likeness (QED) is 0.346. The van der Waals surface area contributed by atoms with Gasteiger partial charge in [-0.05, 0) is 30.3 Å². The average molecular weight is 424 g/mol. The van der Waals surface area contributed by atoms with Crippen LogP contribution in [0.4, 0.5) is 5.69 Å². The van der Waals surface area contributed by atoms with Gasteiger partial charge in [0.05, 0.1) is 34.0 Å². The van der Waals surface area contributed by atoms with Gasteiger partial charge in [0.2, 0.25) is 0 Å². The summed E-state index contributed by atoms with van der Waals surface area (Å²) in [5, 5.41) is 11.0. The Balaban J connectivity index is 1.29. The Morgan fingerprint density at radius 2 is 1.97 bits per heavy atom. The monoisotopic (exact) mass is 424 g/mol. The van der Waals surface area contributed by atoms with Gasteiger partial charge < -0.3 is 9.47 Å². The van der Waals surface area contributed by atoms with Crippen molar-refractivity contribution < 1.29 is 14.4 Å². The lowest BCUT2D eigenvalue weighted by molar-refractivity contribution is -0.384. The summed E-state index contributed by atoms with van der Waals surface area (Å²) in [4.78, 5) is 18.5. The van der Waals surface area contributed by atoms with E-state index in [4.69, 9.17) is 14.5 Å². The van der Waals surface area contributed by atoms with Gasteiger partial charge in [-0.3, -0.25) is 19.4 Å². The molecule has 2 aromatic heterocycles. The second-order valence-electron chi connectivity index (χ2n) is 7.12. The molecule has 0 aliphatic carbocycles. The highest BCUT2D eigenvalue weighted by Crippen LogP contribution is 2.32. The number of hydrogen-bond donors (Lipinski definition) is 0. The molecule has 154 valence electrons. The van der Waals surface area contributed by atoms with E-state index in [-0.39, 0.29) is 10.6 Å². The molecule has 0 N–H and O–H groups in total. The molecule has 1 fully saturated rings. The molecule has 1 aliphatic rings. The third-order valence-electron chi connectivity index (χ3n) is 5.22. The van der Waals surface area contributed by atoms with Crippen molar-refractivity contribution in [2.75, 3.05) is 39.5 Å². The third kappa shape index (κ3) is 3.74. The Labute approximate surface area is 176 Å². The fourth-order valence-electron chi connectivity index (χ4n) is 3.58. The van der Waals surface area contributed by atoms with Crippen molar-refractivity contribution in [3.63, 3.8) is 0 Å². The van der Waals surface area contributed by atoms with Crippen molar-refractivity contribution in [2.45, 2.75) is 0 Å². The molecular weight excluding hydrogens is 404 g/mol. The minimum absolute atomic E-state index is 0.0939. The summed E-state index contributed by atoms with van der Waals surface area (Å²) in [5.41, 5.74) is 2.88. The topological polar surface area (TPSA) is 82.1 Å². The van der Waals surface area contributed by atoms with Gasteiger partial charge in [-0.2, -0.15) is 0 Å². The fraction of sp³-hybridized carbons (Fsp3) is 0.286. The van der Waals surface area contributed by atoms with Crippen molar-refractivity contribution in [3.05, 3.63) is 58.8 Å². The largest absolute Gasteiger partial charge is 0.492 e. The summed E-state index contributed by atoms with van der Waals surface area (Å²) < 4.78 is 14.1. The van der Waals surface area contributed by atoms with Crippen LogP contribution in [-0.4, -0.2) is 58.7 Å². The van der Waals surface area contributed by atoms with Crippen molar-refractivity contribution in [2.24, 2.45) is 0 Å². The molecule has 8 nitrogen and oxygen atoms in total. The number of non-ortho nitro benzene ring substituents is 1. The molecule has 0 saturated carbocycles. The summed E-state index contributed by atoms with van der Waals surface area (Å²) in [6, 6.07) is 12.8. The SMILES string of the molecule is O=[N+]([O-])c1ccc2c(c1)sc1nc(-c3ccc(OCCN4CCOCC4)cc3)cn12. The van der Waals surface area contributed by atoms with Gasteiger partial charge in [-0.1, -0.05) is 11.3 Å². The summed E-state index contributed by atoms with van der Waals surface area (Å²) >= 11 is 1.45. The number of nitro groups is 1. The molecular formula is C21H20N4O4S. The highest BCUT2D eigenvalue weighted by molar-refractivity contribution is 7.23. The van der Waals surface area contributed by atoms with E-state index in [1.165, 1.54) is 17.4 Å². The van der Waals surface area contributed by atoms with E-state index in [0.29, 0.717) is 6.61 Å². The van der Waals surface area contributed by atoms with E-state index in [2.05, 4.69) is 4.90 Å². The maximum atomic E-state index is 11.0. The zero-order valence-electron chi connectivity index (χ0n) is 16.2. The Hall–Kier alpha value is -3.01. The first-order valence-electron chi connectivity index (χ1n) is 9.77. The molecule has 3 heterocycles. The van der Waals surface area contributed by atoms with Crippen molar-refractivity contribution >= 4 is 32.2 Å². The van der Waals surface area contributed by atoms with Crippen LogP contribution in [0.3, 0.4) is 0 Å². The van der Waals surface area contributed by atoms with Gasteiger partial charge in [-0.15, -0.1) is 0 Å². The van der Waals surface area contributed by atoms with E-state index >= 15 is 0 Å². The van der Waals surface area contributed by atoms with Crippen LogP contribution in [0.15, 0.2) is 48.7 Å². The first-order valence-corrected chi connectivity index (χ1v) is 10.6. The van der Waals surface area contributed by atoms with Gasteiger partial charge in [0.15, 0.2) is 4.96 Å². The van der Waals surface area contributed by atoms with Gasteiger partial charge in [0.1, 0.15) is 12.4 Å². The van der Waals surface area contributed by atoms with Crippen LogP contribution in [0.25, 0.3) is 26.4 Å². The molecule has 0 spiro atoms. The predicted molar refractivity (Wildman–Crippen MR) is 115 cm³/mol. The van der Waals surface area contributed by atoms with Crippen LogP contribution in [0.2, 0.25) is 0 Å². The molecule has 0 radical (unpaired) electrons. The van der Waals surface area contributed by atoms with E-state index in [1.54, 1.807) is 12.1 Å². The number of ether oxygens (including phenoxy) is 2. The number of fused-ring (bicyclic) bond motifs is 3. The average Bonchev–Trinajstić information content (AvgIpc) is 3.32. The van der Waals surface area contributed by atoms with Gasteiger partial charge in [-0.25, -0.2) is 4.98 Å². The number of nitrogens with zero attached hydrogens (tertiary/aromatic N) is 4. The van der Waals surface area contributed by atoms with Crippen LogP contribution in [-0.2, 0) is 4.74 Å².